The van der Waals surface area contributed by atoms with Gasteiger partial charge < -0.3 is 0 Å². The summed E-state index contributed by atoms with van der Waals surface area (Å²) >= 11 is 3.76. The quantitative estimate of drug-likeness (QED) is 0.160. The van der Waals surface area contributed by atoms with Crippen LogP contribution in [0.2, 0.25) is 0 Å². The molecule has 0 bridgehead atoms. The number of aryl methyl sites for hydroxylation is 1. The van der Waals surface area contributed by atoms with Gasteiger partial charge in [-0.2, -0.15) is 11.3 Å². The maximum atomic E-state index is 2.46. The summed E-state index contributed by atoms with van der Waals surface area (Å²) in [7, 11) is 0. The van der Waals surface area contributed by atoms with Crippen molar-refractivity contribution in [1.82, 2.24) is 0 Å². The Morgan fingerprint density at radius 1 is 0.453 bits per heavy atom. The summed E-state index contributed by atoms with van der Waals surface area (Å²) < 4.78 is 2.70. The van der Waals surface area contributed by atoms with Gasteiger partial charge in [0.25, 0.3) is 0 Å². The van der Waals surface area contributed by atoms with Crippen LogP contribution in [0, 0.1) is 18.8 Å². The van der Waals surface area contributed by atoms with Gasteiger partial charge in [-0.1, -0.05) is 158 Å². The van der Waals surface area contributed by atoms with E-state index < -0.39 is 0 Å². The van der Waals surface area contributed by atoms with Gasteiger partial charge in [0.15, 0.2) is 0 Å². The number of thiophene rings is 2. The highest BCUT2D eigenvalue weighted by atomic mass is 32.1. The molecule has 0 aliphatic heterocycles. The van der Waals surface area contributed by atoms with Crippen molar-refractivity contribution in [2.75, 3.05) is 0 Å². The Balaban J connectivity index is 1.17. The molecule has 11 rings (SSSR count). The van der Waals surface area contributed by atoms with E-state index in [0.717, 1.165) is 0 Å². The van der Waals surface area contributed by atoms with E-state index in [1.54, 1.807) is 0 Å². The van der Waals surface area contributed by atoms with E-state index in [-0.39, 0.29) is 11.8 Å². The van der Waals surface area contributed by atoms with Crippen molar-refractivity contribution in [3.05, 3.63) is 202 Å². The van der Waals surface area contributed by atoms with Crippen molar-refractivity contribution in [2.24, 2.45) is 11.8 Å². The number of hydrogen-bond acceptors (Lipinski definition) is 2. The fraction of sp³-hybridized carbons (Fsp3) is 0.0588. The van der Waals surface area contributed by atoms with Crippen molar-refractivity contribution < 1.29 is 0 Å². The predicted octanol–water partition coefficient (Wildman–Crippen LogP) is 12.8. The van der Waals surface area contributed by atoms with E-state index in [0.29, 0.717) is 0 Å². The Bertz CT molecular complexity index is 3070. The number of hydrogen-bond donors (Lipinski definition) is 0. The minimum Gasteiger partial charge on any atom is -0.152 e. The van der Waals surface area contributed by atoms with Crippen LogP contribution in [0.4, 0.5) is 0 Å². The second-order valence-electron chi connectivity index (χ2n) is 14.4. The Labute approximate surface area is 316 Å². The molecule has 0 N–H and O–H groups in total. The molecule has 2 aliphatic rings. The van der Waals surface area contributed by atoms with Crippen molar-refractivity contribution in [3.8, 4) is 22.3 Å². The topological polar surface area (TPSA) is 0 Å². The zero-order valence-electron chi connectivity index (χ0n) is 29.2. The van der Waals surface area contributed by atoms with Gasteiger partial charge in [0, 0.05) is 32.0 Å². The van der Waals surface area contributed by atoms with Crippen LogP contribution >= 0.6 is 22.7 Å². The lowest BCUT2D eigenvalue weighted by Crippen LogP contribution is -2.40. The van der Waals surface area contributed by atoms with Crippen LogP contribution in [0.5, 0.6) is 0 Å². The molecule has 2 aliphatic carbocycles. The molecule has 0 nitrogen and oxygen atoms in total. The van der Waals surface area contributed by atoms with Crippen molar-refractivity contribution in [2.45, 2.75) is 6.92 Å². The predicted molar refractivity (Wildman–Crippen MR) is 230 cm³/mol. The van der Waals surface area contributed by atoms with E-state index in [9.17, 15) is 0 Å². The summed E-state index contributed by atoms with van der Waals surface area (Å²) in [5.41, 5.74) is 12.1. The zero-order valence-corrected chi connectivity index (χ0v) is 30.8. The number of benzene rings is 7. The summed E-state index contributed by atoms with van der Waals surface area (Å²) in [5.74, 6) is 0.547. The Morgan fingerprint density at radius 3 is 1.64 bits per heavy atom. The fourth-order valence-corrected chi connectivity index (χ4v) is 11.4. The molecule has 2 unspecified atom stereocenters. The van der Waals surface area contributed by atoms with Crippen LogP contribution in [-0.4, -0.2) is 0 Å². The van der Waals surface area contributed by atoms with Crippen LogP contribution in [-0.2, 0) is 0 Å². The fourth-order valence-electron chi connectivity index (χ4n) is 9.28. The third kappa shape index (κ3) is 4.66. The van der Waals surface area contributed by atoms with Crippen molar-refractivity contribution in [1.29, 1.82) is 0 Å². The standard InChI is InChI=1S/C51H34S2/c1-31-29-52-30-45(31)50-41-22-11-9-20-39(41)49(40-21-10-12-23-42(40)50)44-25-13-24-43-34-27-26-33(28-46(34)53-51(43)44)48-37-18-7-5-16-35(37)47(32-14-3-2-4-15-32)36-17-6-8-19-38(36)48/h2-30,39,41H,1H3. The Morgan fingerprint density at radius 2 is 1.02 bits per heavy atom. The third-order valence-corrected chi connectivity index (χ3v) is 13.6. The first kappa shape index (κ1) is 30.8. The molecule has 250 valence electrons. The first-order valence-corrected chi connectivity index (χ1v) is 20.2. The van der Waals surface area contributed by atoms with E-state index in [2.05, 4.69) is 182 Å². The second-order valence-corrected chi connectivity index (χ2v) is 16.2. The van der Waals surface area contributed by atoms with Gasteiger partial charge in [-0.3, -0.25) is 0 Å². The molecule has 2 heterocycles. The van der Waals surface area contributed by atoms with Crippen molar-refractivity contribution in [3.63, 3.8) is 0 Å². The highest BCUT2D eigenvalue weighted by molar-refractivity contribution is 7.26. The Hall–Kier alpha value is -5.80. The van der Waals surface area contributed by atoms with Crippen LogP contribution < -0.4 is 10.4 Å². The summed E-state index contributed by atoms with van der Waals surface area (Å²) in [6.07, 6.45) is 9.37. The molecule has 2 heteroatoms. The Kier molecular flexibility index (Phi) is 7.05. The average molecular weight is 711 g/mol. The highest BCUT2D eigenvalue weighted by Gasteiger charge is 2.33. The molecule has 7 aromatic carbocycles. The minimum atomic E-state index is 0.261. The molecule has 0 radical (unpaired) electrons. The summed E-state index contributed by atoms with van der Waals surface area (Å²) in [6.45, 7) is 2.26. The maximum Gasteiger partial charge on any atom is 0.0431 e. The van der Waals surface area contributed by atoms with Gasteiger partial charge in [-0.05, 0) is 106 Å². The van der Waals surface area contributed by atoms with Crippen LogP contribution in [0.1, 0.15) is 16.7 Å². The van der Waals surface area contributed by atoms with E-state index in [1.807, 2.05) is 22.7 Å². The normalized spacial score (nSPS) is 16.5. The summed E-state index contributed by atoms with van der Waals surface area (Å²) in [4.78, 5) is 0. The highest BCUT2D eigenvalue weighted by Crippen LogP contribution is 2.48. The lowest BCUT2D eigenvalue weighted by molar-refractivity contribution is 0.687. The first-order valence-electron chi connectivity index (χ1n) is 18.4. The average Bonchev–Trinajstić information content (AvgIpc) is 3.81. The van der Waals surface area contributed by atoms with Crippen LogP contribution in [0.3, 0.4) is 0 Å². The molecule has 2 aromatic heterocycles. The molecule has 0 spiro atoms. The van der Waals surface area contributed by atoms with Gasteiger partial charge in [-0.15, -0.1) is 11.3 Å². The number of allylic oxidation sites excluding steroid dienone is 4. The molecular formula is C51H34S2. The molecule has 2 atom stereocenters. The molecule has 0 fully saturated rings. The van der Waals surface area contributed by atoms with Gasteiger partial charge in [-0.25, -0.2) is 0 Å². The second kappa shape index (κ2) is 12.1. The van der Waals surface area contributed by atoms with E-state index in [1.165, 1.54) is 102 Å². The van der Waals surface area contributed by atoms with E-state index >= 15 is 0 Å². The van der Waals surface area contributed by atoms with E-state index in [4.69, 9.17) is 0 Å². The molecule has 9 aromatic rings. The van der Waals surface area contributed by atoms with Gasteiger partial charge in [0.2, 0.25) is 0 Å². The number of fused-ring (bicyclic) bond motifs is 7. The molecule has 53 heavy (non-hydrogen) atoms. The van der Waals surface area contributed by atoms with Crippen LogP contribution in [0.15, 0.2) is 175 Å². The first-order chi connectivity index (χ1) is 26.2. The summed E-state index contributed by atoms with van der Waals surface area (Å²) in [6, 6.07) is 52.1. The van der Waals surface area contributed by atoms with Crippen LogP contribution in [0.25, 0.3) is 75.1 Å². The lowest BCUT2D eigenvalue weighted by Gasteiger charge is -2.33. The van der Waals surface area contributed by atoms with Gasteiger partial charge >= 0.3 is 0 Å². The maximum absolute atomic E-state index is 2.46. The minimum absolute atomic E-state index is 0.261. The lowest BCUT2D eigenvalue weighted by atomic mass is 9.70. The smallest absolute Gasteiger partial charge is 0.0431 e. The largest absolute Gasteiger partial charge is 0.152 e. The van der Waals surface area contributed by atoms with Gasteiger partial charge in [0.05, 0.1) is 0 Å². The third-order valence-electron chi connectivity index (χ3n) is 11.5. The molecule has 0 saturated carbocycles. The molecule has 0 saturated heterocycles. The molecule has 0 amide bonds. The number of rotatable bonds is 4. The zero-order chi connectivity index (χ0) is 35.0. The summed E-state index contributed by atoms with van der Waals surface area (Å²) in [5, 5.41) is 15.2. The SMILES string of the molecule is Cc1cscc1C1=c2ccccc2=C(c2cccc3c2sc2cc(-c4c5ccccc5c(-c5ccccc5)c5ccccc45)ccc23)C2C=CC=CC12. The van der Waals surface area contributed by atoms with Crippen molar-refractivity contribution >= 4 is 75.5 Å². The van der Waals surface area contributed by atoms with Gasteiger partial charge in [0.1, 0.15) is 0 Å². The molecular weight excluding hydrogens is 677 g/mol. The monoisotopic (exact) mass is 710 g/mol.